The molecule has 0 aliphatic heterocycles. The zero-order valence-electron chi connectivity index (χ0n) is 13.9. The van der Waals surface area contributed by atoms with Crippen molar-refractivity contribution in [3.05, 3.63) is 65.2 Å². The Morgan fingerprint density at radius 1 is 1.04 bits per heavy atom. The van der Waals surface area contributed by atoms with Gasteiger partial charge in [-0.25, -0.2) is 0 Å². The van der Waals surface area contributed by atoms with E-state index in [4.69, 9.17) is 0 Å². The lowest BCUT2D eigenvalue weighted by Crippen LogP contribution is -2.36. The smallest absolute Gasteiger partial charge is 0.405 e. The molecule has 0 radical (unpaired) electrons. The predicted molar refractivity (Wildman–Crippen MR) is 88.5 cm³/mol. The van der Waals surface area contributed by atoms with Gasteiger partial charge in [0.2, 0.25) is 5.91 Å². The normalized spacial score (nSPS) is 10.9. The highest BCUT2D eigenvalue weighted by Crippen LogP contribution is 2.25. The van der Waals surface area contributed by atoms with E-state index in [2.05, 4.69) is 15.4 Å². The standard InChI is InChI=1S/C18H17F3N2O3/c1-12-5-4-7-13(9-12)17(25)23-11-16(24)22-10-14-6-2-3-8-15(14)26-18(19,20)21/h2-9H,10-11H2,1H3,(H,22,24)(H,23,25). The molecule has 0 saturated carbocycles. The highest BCUT2D eigenvalue weighted by Gasteiger charge is 2.31. The summed E-state index contributed by atoms with van der Waals surface area (Å²) in [5, 5.41) is 4.90. The first-order valence-corrected chi connectivity index (χ1v) is 7.70. The molecule has 0 fully saturated rings. The van der Waals surface area contributed by atoms with Gasteiger partial charge in [0.25, 0.3) is 5.91 Å². The maximum Gasteiger partial charge on any atom is 0.573 e. The van der Waals surface area contributed by atoms with Gasteiger partial charge in [-0.3, -0.25) is 9.59 Å². The summed E-state index contributed by atoms with van der Waals surface area (Å²) in [6.45, 7) is 1.38. The highest BCUT2D eigenvalue weighted by molar-refractivity contribution is 5.96. The minimum Gasteiger partial charge on any atom is -0.405 e. The van der Waals surface area contributed by atoms with E-state index in [1.807, 2.05) is 13.0 Å². The number of aryl methyl sites for hydroxylation is 1. The molecule has 0 bridgehead atoms. The quantitative estimate of drug-likeness (QED) is 0.826. The Morgan fingerprint density at radius 2 is 1.77 bits per heavy atom. The molecule has 0 aliphatic carbocycles. The number of nitrogens with one attached hydrogen (secondary N) is 2. The molecular weight excluding hydrogens is 349 g/mol. The molecule has 2 rings (SSSR count). The third-order valence-electron chi connectivity index (χ3n) is 3.36. The summed E-state index contributed by atoms with van der Waals surface area (Å²) in [5.41, 5.74) is 1.49. The fraction of sp³-hybridized carbons (Fsp3) is 0.222. The van der Waals surface area contributed by atoms with Gasteiger partial charge in [0.05, 0.1) is 6.54 Å². The van der Waals surface area contributed by atoms with Crippen LogP contribution in [0.15, 0.2) is 48.5 Å². The second kappa shape index (κ2) is 8.37. The molecule has 5 nitrogen and oxygen atoms in total. The van der Waals surface area contributed by atoms with Crippen molar-refractivity contribution in [2.45, 2.75) is 19.8 Å². The Balaban J connectivity index is 1.87. The Labute approximate surface area is 148 Å². The Bertz CT molecular complexity index is 791. The SMILES string of the molecule is Cc1cccc(C(=O)NCC(=O)NCc2ccccc2OC(F)(F)F)c1. The van der Waals surface area contributed by atoms with Crippen LogP contribution in [-0.2, 0) is 11.3 Å². The molecule has 0 heterocycles. The van der Waals surface area contributed by atoms with Crippen LogP contribution in [0.4, 0.5) is 13.2 Å². The van der Waals surface area contributed by atoms with Crippen molar-refractivity contribution in [3.8, 4) is 5.75 Å². The molecule has 0 spiro atoms. The molecule has 0 unspecified atom stereocenters. The molecule has 2 amide bonds. The van der Waals surface area contributed by atoms with Crippen LogP contribution >= 0.6 is 0 Å². The van der Waals surface area contributed by atoms with E-state index in [0.717, 1.165) is 11.6 Å². The predicted octanol–water partition coefficient (Wildman–Crippen LogP) is 2.94. The van der Waals surface area contributed by atoms with Gasteiger partial charge in [-0.1, -0.05) is 35.9 Å². The summed E-state index contributed by atoms with van der Waals surface area (Å²) in [6, 6.07) is 12.4. The van der Waals surface area contributed by atoms with Crippen LogP contribution < -0.4 is 15.4 Å². The summed E-state index contributed by atoms with van der Waals surface area (Å²) >= 11 is 0. The van der Waals surface area contributed by atoms with E-state index in [9.17, 15) is 22.8 Å². The van der Waals surface area contributed by atoms with E-state index < -0.39 is 18.2 Å². The minimum absolute atomic E-state index is 0.161. The van der Waals surface area contributed by atoms with Crippen molar-refractivity contribution in [1.82, 2.24) is 10.6 Å². The van der Waals surface area contributed by atoms with Crippen molar-refractivity contribution in [1.29, 1.82) is 0 Å². The number of alkyl halides is 3. The average molecular weight is 366 g/mol. The summed E-state index contributed by atoms with van der Waals surface area (Å²) in [7, 11) is 0. The molecule has 8 heteroatoms. The number of para-hydroxylation sites is 1. The lowest BCUT2D eigenvalue weighted by Gasteiger charge is -2.13. The van der Waals surface area contributed by atoms with Crippen LogP contribution in [0.25, 0.3) is 0 Å². The molecule has 0 aromatic heterocycles. The van der Waals surface area contributed by atoms with Crippen molar-refractivity contribution in [2.75, 3.05) is 6.54 Å². The zero-order chi connectivity index (χ0) is 19.2. The number of benzene rings is 2. The van der Waals surface area contributed by atoms with E-state index >= 15 is 0 Å². The highest BCUT2D eigenvalue weighted by atomic mass is 19.4. The lowest BCUT2D eigenvalue weighted by molar-refractivity contribution is -0.274. The molecule has 2 aromatic rings. The largest absolute Gasteiger partial charge is 0.573 e. The monoisotopic (exact) mass is 366 g/mol. The number of ether oxygens (including phenoxy) is 1. The minimum atomic E-state index is -4.82. The van der Waals surface area contributed by atoms with Crippen LogP contribution in [0.2, 0.25) is 0 Å². The fourth-order valence-corrected chi connectivity index (χ4v) is 2.18. The number of hydrogen-bond acceptors (Lipinski definition) is 3. The Kier molecular flexibility index (Phi) is 6.21. The first-order valence-electron chi connectivity index (χ1n) is 7.70. The number of rotatable bonds is 6. The van der Waals surface area contributed by atoms with Gasteiger partial charge in [-0.05, 0) is 25.1 Å². The lowest BCUT2D eigenvalue weighted by atomic mass is 10.1. The summed E-state index contributed by atoms with van der Waals surface area (Å²) in [4.78, 5) is 23.8. The Morgan fingerprint density at radius 3 is 2.46 bits per heavy atom. The van der Waals surface area contributed by atoms with Gasteiger partial charge in [-0.15, -0.1) is 13.2 Å². The number of hydrogen-bond donors (Lipinski definition) is 2. The number of amides is 2. The van der Waals surface area contributed by atoms with Crippen LogP contribution in [-0.4, -0.2) is 24.7 Å². The summed E-state index contributed by atoms with van der Waals surface area (Å²) < 4.78 is 41.0. The van der Waals surface area contributed by atoms with Gasteiger partial charge in [-0.2, -0.15) is 0 Å². The first kappa shape index (κ1) is 19.3. The van der Waals surface area contributed by atoms with E-state index in [-0.39, 0.29) is 24.4 Å². The van der Waals surface area contributed by atoms with Crippen molar-refractivity contribution >= 4 is 11.8 Å². The third kappa shape index (κ3) is 6.12. The van der Waals surface area contributed by atoms with Crippen LogP contribution in [0.3, 0.4) is 0 Å². The first-order chi connectivity index (χ1) is 12.2. The van der Waals surface area contributed by atoms with E-state index in [0.29, 0.717) is 5.56 Å². The topological polar surface area (TPSA) is 67.4 Å². The molecule has 26 heavy (non-hydrogen) atoms. The van der Waals surface area contributed by atoms with Crippen LogP contribution in [0.1, 0.15) is 21.5 Å². The zero-order valence-corrected chi connectivity index (χ0v) is 13.9. The van der Waals surface area contributed by atoms with Crippen molar-refractivity contribution in [2.24, 2.45) is 0 Å². The van der Waals surface area contributed by atoms with E-state index in [1.54, 1.807) is 18.2 Å². The fourth-order valence-electron chi connectivity index (χ4n) is 2.18. The van der Waals surface area contributed by atoms with Gasteiger partial charge < -0.3 is 15.4 Å². The third-order valence-corrected chi connectivity index (χ3v) is 3.36. The van der Waals surface area contributed by atoms with Crippen molar-refractivity contribution in [3.63, 3.8) is 0 Å². The molecule has 0 aliphatic rings. The second-order valence-electron chi connectivity index (χ2n) is 5.48. The number of halogens is 3. The second-order valence-corrected chi connectivity index (χ2v) is 5.48. The molecule has 138 valence electrons. The molecule has 2 N–H and O–H groups in total. The maximum absolute atomic E-state index is 12.4. The molecule has 0 saturated heterocycles. The number of carbonyl (C=O) groups excluding carboxylic acids is 2. The molecule has 0 atom stereocenters. The van der Waals surface area contributed by atoms with Gasteiger partial charge in [0, 0.05) is 17.7 Å². The summed E-state index contributed by atoms with van der Waals surface area (Å²) in [5.74, 6) is -1.33. The average Bonchev–Trinajstić information content (AvgIpc) is 2.57. The summed E-state index contributed by atoms with van der Waals surface area (Å²) in [6.07, 6.45) is -4.82. The van der Waals surface area contributed by atoms with Gasteiger partial charge in [0.15, 0.2) is 0 Å². The maximum atomic E-state index is 12.4. The van der Waals surface area contributed by atoms with E-state index in [1.165, 1.54) is 18.2 Å². The van der Waals surface area contributed by atoms with Crippen LogP contribution in [0.5, 0.6) is 5.75 Å². The van der Waals surface area contributed by atoms with Crippen LogP contribution in [0, 0.1) is 6.92 Å². The molecule has 2 aromatic carbocycles. The molecular formula is C18H17F3N2O3. The number of carbonyl (C=O) groups is 2. The van der Waals surface area contributed by atoms with Gasteiger partial charge >= 0.3 is 6.36 Å². The van der Waals surface area contributed by atoms with Gasteiger partial charge in [0.1, 0.15) is 5.75 Å². The van der Waals surface area contributed by atoms with Crippen molar-refractivity contribution < 1.29 is 27.5 Å². The Hall–Kier alpha value is -3.03.